The zero-order valence-corrected chi connectivity index (χ0v) is 12.6. The van der Waals surface area contributed by atoms with Gasteiger partial charge in [-0.15, -0.1) is 24.5 Å². The molecule has 0 radical (unpaired) electrons. The van der Waals surface area contributed by atoms with Gasteiger partial charge in [0.25, 0.3) is 5.91 Å². The van der Waals surface area contributed by atoms with Crippen molar-refractivity contribution in [3.05, 3.63) is 51.7 Å². The molecule has 118 valence electrons. The van der Waals surface area contributed by atoms with E-state index in [1.807, 2.05) is 18.4 Å². The van der Waals surface area contributed by atoms with Gasteiger partial charge in [0.2, 0.25) is 0 Å². The average molecular weight is 329 g/mol. The largest absolute Gasteiger partial charge is 0.573 e. The van der Waals surface area contributed by atoms with E-state index in [1.165, 1.54) is 29.5 Å². The first-order valence-corrected chi connectivity index (χ1v) is 7.47. The summed E-state index contributed by atoms with van der Waals surface area (Å²) in [5.41, 5.74) is 1.19. The number of hydrogen-bond donors (Lipinski definition) is 1. The van der Waals surface area contributed by atoms with Gasteiger partial charge in [0.15, 0.2) is 0 Å². The van der Waals surface area contributed by atoms with E-state index in [2.05, 4.69) is 10.1 Å². The number of ether oxygens (including phenoxy) is 1. The second kappa shape index (κ2) is 6.83. The number of para-hydroxylation sites is 1. The van der Waals surface area contributed by atoms with Crippen LogP contribution in [-0.4, -0.2) is 12.3 Å². The van der Waals surface area contributed by atoms with Gasteiger partial charge < -0.3 is 10.1 Å². The molecule has 0 bridgehead atoms. The summed E-state index contributed by atoms with van der Waals surface area (Å²) < 4.78 is 41.0. The Morgan fingerprint density at radius 2 is 1.95 bits per heavy atom. The second-order valence-corrected chi connectivity index (χ2v) is 5.38. The number of hydrogen-bond acceptors (Lipinski definition) is 3. The fraction of sp³-hybridized carbons (Fsp3) is 0.267. The molecule has 0 aliphatic heterocycles. The number of aryl methyl sites for hydroxylation is 1. The summed E-state index contributed by atoms with van der Waals surface area (Å²) in [6, 6.07) is 7.60. The number of halogens is 3. The van der Waals surface area contributed by atoms with E-state index >= 15 is 0 Å². The lowest BCUT2D eigenvalue weighted by Gasteiger charge is -2.13. The first-order chi connectivity index (χ1) is 10.4. The highest BCUT2D eigenvalue weighted by molar-refractivity contribution is 7.12. The van der Waals surface area contributed by atoms with Crippen LogP contribution in [0.4, 0.5) is 13.2 Å². The molecule has 22 heavy (non-hydrogen) atoms. The molecule has 1 aromatic carbocycles. The Morgan fingerprint density at radius 3 is 2.64 bits per heavy atom. The minimum absolute atomic E-state index is 0.0356. The molecule has 0 atom stereocenters. The monoisotopic (exact) mass is 329 g/mol. The number of rotatable bonds is 5. The number of alkyl halides is 3. The molecule has 1 amide bonds. The highest BCUT2D eigenvalue weighted by atomic mass is 32.1. The zero-order valence-electron chi connectivity index (χ0n) is 11.7. The first-order valence-electron chi connectivity index (χ1n) is 6.59. The van der Waals surface area contributed by atoms with Crippen LogP contribution in [0.15, 0.2) is 35.7 Å². The molecular formula is C15H14F3NO2S. The quantitative estimate of drug-likeness (QED) is 0.895. The SMILES string of the molecule is CCc1ccsc1C(=O)NCc1ccccc1OC(F)(F)F. The molecule has 7 heteroatoms. The van der Waals surface area contributed by atoms with Crippen molar-refractivity contribution < 1.29 is 22.7 Å². The van der Waals surface area contributed by atoms with Crippen molar-refractivity contribution >= 4 is 17.2 Å². The smallest absolute Gasteiger partial charge is 0.405 e. The van der Waals surface area contributed by atoms with Crippen molar-refractivity contribution in [2.75, 3.05) is 0 Å². The van der Waals surface area contributed by atoms with E-state index < -0.39 is 6.36 Å². The fourth-order valence-electron chi connectivity index (χ4n) is 1.94. The number of carbonyl (C=O) groups is 1. The molecule has 0 aliphatic carbocycles. The summed E-state index contributed by atoms with van der Waals surface area (Å²) in [5, 5.41) is 4.44. The first kappa shape index (κ1) is 16.4. The minimum atomic E-state index is -4.76. The minimum Gasteiger partial charge on any atom is -0.405 e. The van der Waals surface area contributed by atoms with Crippen molar-refractivity contribution in [1.29, 1.82) is 0 Å². The maximum Gasteiger partial charge on any atom is 0.573 e. The van der Waals surface area contributed by atoms with Crippen LogP contribution in [-0.2, 0) is 13.0 Å². The Labute approximate surface area is 129 Å². The molecule has 0 fully saturated rings. The molecule has 0 aliphatic rings. The lowest BCUT2D eigenvalue weighted by atomic mass is 10.2. The van der Waals surface area contributed by atoms with E-state index in [9.17, 15) is 18.0 Å². The summed E-state index contributed by atoms with van der Waals surface area (Å²) in [6.45, 7) is 1.90. The highest BCUT2D eigenvalue weighted by Crippen LogP contribution is 2.26. The lowest BCUT2D eigenvalue weighted by molar-refractivity contribution is -0.274. The summed E-state index contributed by atoms with van der Waals surface area (Å²) >= 11 is 1.31. The van der Waals surface area contributed by atoms with Crippen molar-refractivity contribution in [2.24, 2.45) is 0 Å². The summed E-state index contributed by atoms with van der Waals surface area (Å²) in [6.07, 6.45) is -4.04. The van der Waals surface area contributed by atoms with Crippen LogP contribution in [0, 0.1) is 0 Å². The van der Waals surface area contributed by atoms with Gasteiger partial charge in [0, 0.05) is 12.1 Å². The molecule has 0 unspecified atom stereocenters. The average Bonchev–Trinajstić information content (AvgIpc) is 2.93. The molecule has 1 aromatic heterocycles. The third kappa shape index (κ3) is 4.24. The molecule has 2 rings (SSSR count). The number of nitrogens with one attached hydrogen (secondary N) is 1. The Bertz CT molecular complexity index is 652. The van der Waals surface area contributed by atoms with Gasteiger partial charge in [-0.3, -0.25) is 4.79 Å². The Balaban J connectivity index is 2.07. The Hall–Kier alpha value is -2.02. The van der Waals surface area contributed by atoms with Crippen LogP contribution in [0.2, 0.25) is 0 Å². The van der Waals surface area contributed by atoms with Crippen LogP contribution >= 0.6 is 11.3 Å². The van der Waals surface area contributed by atoms with Gasteiger partial charge in [-0.1, -0.05) is 25.1 Å². The van der Waals surface area contributed by atoms with Gasteiger partial charge >= 0.3 is 6.36 Å². The maximum absolute atomic E-state index is 12.3. The normalized spacial score (nSPS) is 11.3. The summed E-state index contributed by atoms with van der Waals surface area (Å²) in [5.74, 6) is -0.606. The molecule has 0 saturated heterocycles. The third-order valence-corrected chi connectivity index (χ3v) is 3.93. The number of benzene rings is 1. The van der Waals surface area contributed by atoms with Crippen molar-refractivity contribution in [3.8, 4) is 5.75 Å². The maximum atomic E-state index is 12.3. The van der Waals surface area contributed by atoms with Crippen LogP contribution in [0.1, 0.15) is 27.7 Å². The molecular weight excluding hydrogens is 315 g/mol. The zero-order chi connectivity index (χ0) is 16.2. The van der Waals surface area contributed by atoms with Gasteiger partial charge in [0.05, 0.1) is 4.88 Å². The number of amides is 1. The lowest BCUT2D eigenvalue weighted by Crippen LogP contribution is -2.24. The molecule has 0 spiro atoms. The molecule has 0 saturated carbocycles. The van der Waals surface area contributed by atoms with E-state index in [-0.39, 0.29) is 23.8 Å². The van der Waals surface area contributed by atoms with E-state index in [0.29, 0.717) is 4.88 Å². The number of carbonyl (C=O) groups excluding carboxylic acids is 1. The van der Waals surface area contributed by atoms with Gasteiger partial charge in [0.1, 0.15) is 5.75 Å². The van der Waals surface area contributed by atoms with Crippen molar-refractivity contribution in [1.82, 2.24) is 5.32 Å². The predicted molar refractivity (Wildman–Crippen MR) is 78.0 cm³/mol. The van der Waals surface area contributed by atoms with Crippen molar-refractivity contribution in [2.45, 2.75) is 26.3 Å². The Morgan fingerprint density at radius 1 is 1.23 bits per heavy atom. The second-order valence-electron chi connectivity index (χ2n) is 4.47. The molecule has 1 heterocycles. The van der Waals surface area contributed by atoms with Gasteiger partial charge in [-0.25, -0.2) is 0 Å². The van der Waals surface area contributed by atoms with Gasteiger partial charge in [-0.2, -0.15) is 0 Å². The van der Waals surface area contributed by atoms with Crippen molar-refractivity contribution in [3.63, 3.8) is 0 Å². The standard InChI is InChI=1S/C15H14F3NO2S/c1-2-10-7-8-22-13(10)14(20)19-9-11-5-3-4-6-12(11)21-15(16,17)18/h3-8H,2,9H2,1H3,(H,19,20). The summed E-state index contributed by atoms with van der Waals surface area (Å²) in [7, 11) is 0. The molecule has 3 nitrogen and oxygen atoms in total. The fourth-order valence-corrected chi connectivity index (χ4v) is 2.85. The van der Waals surface area contributed by atoms with Crippen LogP contribution in [0.5, 0.6) is 5.75 Å². The van der Waals surface area contributed by atoms with Crippen LogP contribution in [0.3, 0.4) is 0 Å². The highest BCUT2D eigenvalue weighted by Gasteiger charge is 2.32. The number of thiophene rings is 1. The topological polar surface area (TPSA) is 38.3 Å². The third-order valence-electron chi connectivity index (χ3n) is 2.97. The molecule has 1 N–H and O–H groups in total. The summed E-state index contributed by atoms with van der Waals surface area (Å²) in [4.78, 5) is 12.7. The van der Waals surface area contributed by atoms with E-state index in [1.54, 1.807) is 6.07 Å². The van der Waals surface area contributed by atoms with E-state index in [4.69, 9.17) is 0 Å². The van der Waals surface area contributed by atoms with Crippen LogP contribution < -0.4 is 10.1 Å². The van der Waals surface area contributed by atoms with Gasteiger partial charge in [-0.05, 0) is 29.5 Å². The van der Waals surface area contributed by atoms with E-state index in [0.717, 1.165) is 12.0 Å². The predicted octanol–water partition coefficient (Wildman–Crippen LogP) is 4.14. The molecule has 2 aromatic rings. The Kier molecular flexibility index (Phi) is 5.07. The van der Waals surface area contributed by atoms with Crippen LogP contribution in [0.25, 0.3) is 0 Å².